The normalized spacial score (nSPS) is 21.1. The van der Waals surface area contributed by atoms with Crippen LogP contribution in [0.1, 0.15) is 34.1 Å². The molecule has 1 heterocycles. The maximum Gasteiger partial charge on any atom is 0.511 e. The van der Waals surface area contributed by atoms with E-state index in [4.69, 9.17) is 19.4 Å². The third kappa shape index (κ3) is 6.48. The summed E-state index contributed by atoms with van der Waals surface area (Å²) in [6, 6.07) is 0. The van der Waals surface area contributed by atoms with E-state index in [2.05, 4.69) is 5.28 Å². The van der Waals surface area contributed by atoms with Crippen LogP contribution in [0.15, 0.2) is 5.28 Å². The largest absolute Gasteiger partial charge is 0.569 e. The second kappa shape index (κ2) is 7.30. The molecule has 2 unspecified atom stereocenters. The molecule has 9 heteroatoms. The Morgan fingerprint density at radius 3 is 2.76 bits per heavy atom. The van der Waals surface area contributed by atoms with Crippen molar-refractivity contribution < 1.29 is 29.2 Å². The molecule has 2 atom stereocenters. The average molecular weight is 305 g/mol. The van der Waals surface area contributed by atoms with E-state index in [-0.39, 0.29) is 12.5 Å². The van der Waals surface area contributed by atoms with Crippen molar-refractivity contribution in [3.05, 3.63) is 5.21 Å². The van der Waals surface area contributed by atoms with Gasteiger partial charge in [-0.1, -0.05) is 0 Å². The standard InChI is InChI=1S/C12H23N3O6/c1-9(19-11(17)20-12(2,3)4)21-13-15(18)14-6-5-10(7-14)8-16/h9-10,16H,5-8H2,1-4H3. The van der Waals surface area contributed by atoms with Gasteiger partial charge >= 0.3 is 6.16 Å². The molecule has 9 nitrogen and oxygen atoms in total. The van der Waals surface area contributed by atoms with E-state index < -0.39 is 18.0 Å². The third-order valence-corrected chi connectivity index (χ3v) is 2.68. The fourth-order valence-corrected chi connectivity index (χ4v) is 1.71. The van der Waals surface area contributed by atoms with Crippen molar-refractivity contribution in [2.45, 2.75) is 46.0 Å². The minimum atomic E-state index is -1.05. The van der Waals surface area contributed by atoms with E-state index in [1.54, 1.807) is 20.8 Å². The summed E-state index contributed by atoms with van der Waals surface area (Å²) < 4.78 is 9.71. The number of hydrazine groups is 1. The average Bonchev–Trinajstić information content (AvgIpc) is 2.82. The summed E-state index contributed by atoms with van der Waals surface area (Å²) in [4.78, 5) is 16.4. The highest BCUT2D eigenvalue weighted by Gasteiger charge is 2.28. The molecule has 1 aliphatic rings. The molecule has 1 saturated heterocycles. The lowest BCUT2D eigenvalue weighted by atomic mass is 10.1. The molecule has 1 N–H and O–H groups in total. The topological polar surface area (TPSA) is 107 Å². The fourth-order valence-electron chi connectivity index (χ4n) is 1.71. The SMILES string of the molecule is CC(ON=[N+]([O-])N1CCC(CO)C1)OC(=O)OC(C)(C)C. The molecule has 0 aliphatic carbocycles. The quantitative estimate of drug-likeness (QED) is 0.269. The number of aliphatic hydroxyl groups excluding tert-OH is 1. The molecule has 21 heavy (non-hydrogen) atoms. The van der Waals surface area contributed by atoms with Gasteiger partial charge in [0.05, 0.1) is 18.1 Å². The summed E-state index contributed by atoms with van der Waals surface area (Å²) in [6.07, 6.45) is -1.23. The molecule has 1 aliphatic heterocycles. The maximum atomic E-state index is 11.6. The highest BCUT2D eigenvalue weighted by atomic mass is 16.8. The van der Waals surface area contributed by atoms with Crippen LogP contribution in [0.3, 0.4) is 0 Å². The molecule has 0 radical (unpaired) electrons. The Kier molecular flexibility index (Phi) is 6.01. The number of carbonyl (C=O) groups excluding carboxylic acids is 1. The van der Waals surface area contributed by atoms with Crippen molar-refractivity contribution in [1.29, 1.82) is 0 Å². The van der Waals surface area contributed by atoms with Gasteiger partial charge in [0.25, 0.3) is 6.29 Å². The first-order chi connectivity index (χ1) is 9.71. The Hall–Kier alpha value is -1.77. The summed E-state index contributed by atoms with van der Waals surface area (Å²) in [7, 11) is 0. The molecular formula is C12H23N3O6. The van der Waals surface area contributed by atoms with Crippen LogP contribution in [0.5, 0.6) is 0 Å². The van der Waals surface area contributed by atoms with Crippen LogP contribution in [-0.2, 0) is 14.3 Å². The van der Waals surface area contributed by atoms with Crippen molar-refractivity contribution in [3.63, 3.8) is 0 Å². The zero-order valence-electron chi connectivity index (χ0n) is 12.8. The molecule has 0 aromatic rings. The highest BCUT2D eigenvalue weighted by molar-refractivity contribution is 5.60. The van der Waals surface area contributed by atoms with Gasteiger partial charge in [-0.25, -0.2) is 4.79 Å². The minimum Gasteiger partial charge on any atom is -0.569 e. The van der Waals surface area contributed by atoms with Gasteiger partial charge in [-0.15, -0.1) is 5.01 Å². The van der Waals surface area contributed by atoms with Crippen LogP contribution >= 0.6 is 0 Å². The zero-order valence-corrected chi connectivity index (χ0v) is 12.8. The summed E-state index contributed by atoms with van der Waals surface area (Å²) in [5.74, 6) is 0.0621. The molecule has 1 rings (SSSR count). The summed E-state index contributed by atoms with van der Waals surface area (Å²) in [5, 5.41) is 25.3. The number of ether oxygens (including phenoxy) is 2. The van der Waals surface area contributed by atoms with Crippen LogP contribution in [-0.4, -0.2) is 52.8 Å². The van der Waals surface area contributed by atoms with E-state index >= 15 is 0 Å². The van der Waals surface area contributed by atoms with Crippen molar-refractivity contribution in [2.75, 3.05) is 19.7 Å². The zero-order chi connectivity index (χ0) is 16.0. The fraction of sp³-hybridized carbons (Fsp3) is 0.917. The predicted molar refractivity (Wildman–Crippen MR) is 70.7 cm³/mol. The highest BCUT2D eigenvalue weighted by Crippen LogP contribution is 2.15. The molecule has 1 fully saturated rings. The van der Waals surface area contributed by atoms with E-state index in [1.165, 1.54) is 11.9 Å². The van der Waals surface area contributed by atoms with Crippen molar-refractivity contribution in [3.8, 4) is 0 Å². The molecule has 0 bridgehead atoms. The number of hydrogen-bond donors (Lipinski definition) is 1. The number of aliphatic hydroxyl groups is 1. The Morgan fingerprint density at radius 2 is 2.24 bits per heavy atom. The predicted octanol–water partition coefficient (Wildman–Crippen LogP) is 1.41. The number of rotatable bonds is 5. The molecule has 0 aromatic heterocycles. The number of nitrogens with zero attached hydrogens (tertiary/aromatic N) is 3. The second-order valence-electron chi connectivity index (χ2n) is 5.84. The molecule has 122 valence electrons. The lowest BCUT2D eigenvalue weighted by Crippen LogP contribution is -2.30. The first-order valence-electron chi connectivity index (χ1n) is 6.80. The maximum absolute atomic E-state index is 11.6. The summed E-state index contributed by atoms with van der Waals surface area (Å²) in [5.41, 5.74) is -0.673. The van der Waals surface area contributed by atoms with Gasteiger partial charge in [0, 0.05) is 19.4 Å². The van der Waals surface area contributed by atoms with Gasteiger partial charge in [0.15, 0.2) is 0 Å². The van der Waals surface area contributed by atoms with Crippen LogP contribution in [0.25, 0.3) is 0 Å². The summed E-state index contributed by atoms with van der Waals surface area (Å²) in [6.45, 7) is 7.46. The Morgan fingerprint density at radius 1 is 1.57 bits per heavy atom. The van der Waals surface area contributed by atoms with Crippen molar-refractivity contribution in [1.82, 2.24) is 5.01 Å². The Balaban J connectivity index is 2.36. The van der Waals surface area contributed by atoms with Gasteiger partial charge in [-0.2, -0.15) is 0 Å². The Labute approximate surface area is 123 Å². The smallest absolute Gasteiger partial charge is 0.511 e. The summed E-state index contributed by atoms with van der Waals surface area (Å²) >= 11 is 0. The molecule has 0 aromatic carbocycles. The van der Waals surface area contributed by atoms with Crippen LogP contribution in [0.4, 0.5) is 4.79 Å². The van der Waals surface area contributed by atoms with Crippen molar-refractivity contribution >= 4 is 6.16 Å². The van der Waals surface area contributed by atoms with Gasteiger partial charge in [-0.3, -0.25) is 4.84 Å². The van der Waals surface area contributed by atoms with Gasteiger partial charge in [-0.05, 0) is 27.2 Å². The lowest BCUT2D eigenvalue weighted by molar-refractivity contribution is -0.710. The van der Waals surface area contributed by atoms with Gasteiger partial charge in [0.1, 0.15) is 5.60 Å². The second-order valence-corrected chi connectivity index (χ2v) is 5.84. The van der Waals surface area contributed by atoms with Crippen LogP contribution in [0, 0.1) is 11.1 Å². The monoisotopic (exact) mass is 305 g/mol. The molecular weight excluding hydrogens is 282 g/mol. The van der Waals surface area contributed by atoms with E-state index in [0.29, 0.717) is 24.5 Å². The minimum absolute atomic E-state index is 0.0311. The van der Waals surface area contributed by atoms with Gasteiger partial charge in [0.2, 0.25) is 5.28 Å². The van der Waals surface area contributed by atoms with E-state index in [1.807, 2.05) is 0 Å². The molecule has 0 saturated carbocycles. The molecule has 0 spiro atoms. The number of hydrogen-bond acceptors (Lipinski definition) is 7. The number of carbonyl (C=O) groups is 1. The van der Waals surface area contributed by atoms with Crippen molar-refractivity contribution in [2.24, 2.45) is 11.2 Å². The third-order valence-electron chi connectivity index (χ3n) is 2.68. The first kappa shape index (κ1) is 17.3. The van der Waals surface area contributed by atoms with Crippen LogP contribution in [0.2, 0.25) is 0 Å². The molecule has 0 amide bonds. The van der Waals surface area contributed by atoms with Crippen LogP contribution < -0.4 is 0 Å². The Bertz CT molecular complexity index is 382. The van der Waals surface area contributed by atoms with E-state index in [9.17, 15) is 10.0 Å². The van der Waals surface area contributed by atoms with Gasteiger partial charge < -0.3 is 19.8 Å². The first-order valence-corrected chi connectivity index (χ1v) is 6.80. The lowest BCUT2D eigenvalue weighted by Gasteiger charge is -2.19. The van der Waals surface area contributed by atoms with E-state index in [0.717, 1.165) is 0 Å².